The first-order valence-electron chi connectivity index (χ1n) is 8.14. The SMILES string of the molecule is O=C(COc1ccc([N+](=O)[O-])cc1Cl)N(C1=CCCCC1)C1CC1. The summed E-state index contributed by atoms with van der Waals surface area (Å²) < 4.78 is 5.51. The number of carbonyl (C=O) groups is 1. The minimum Gasteiger partial charge on any atom is -0.482 e. The molecule has 0 unspecified atom stereocenters. The van der Waals surface area contributed by atoms with Crippen LogP contribution in [-0.4, -0.2) is 28.4 Å². The van der Waals surface area contributed by atoms with Crippen LogP contribution in [0.5, 0.6) is 5.75 Å². The molecule has 1 fully saturated rings. The molecule has 7 heteroatoms. The zero-order valence-electron chi connectivity index (χ0n) is 13.2. The highest BCUT2D eigenvalue weighted by Gasteiger charge is 2.35. The van der Waals surface area contributed by atoms with Crippen LogP contribution in [-0.2, 0) is 4.79 Å². The molecule has 1 saturated carbocycles. The summed E-state index contributed by atoms with van der Waals surface area (Å²) in [5.74, 6) is 0.198. The Morgan fingerprint density at radius 2 is 2.17 bits per heavy atom. The molecule has 1 aromatic rings. The molecule has 0 radical (unpaired) electrons. The first kappa shape index (κ1) is 16.8. The molecule has 0 heterocycles. The standard InChI is InChI=1S/C17H19ClN2O4/c18-15-10-14(20(22)23)8-9-16(15)24-11-17(21)19(13-6-7-13)12-4-2-1-3-5-12/h4,8-10,13H,1-3,5-7,11H2. The Kier molecular flexibility index (Phi) is 5.04. The van der Waals surface area contributed by atoms with Gasteiger partial charge in [0.25, 0.3) is 11.6 Å². The first-order valence-corrected chi connectivity index (χ1v) is 8.52. The molecule has 1 amide bonds. The molecule has 0 N–H and O–H groups in total. The third-order valence-electron chi connectivity index (χ3n) is 4.23. The fourth-order valence-electron chi connectivity index (χ4n) is 2.90. The van der Waals surface area contributed by atoms with Crippen LogP contribution in [0, 0.1) is 10.1 Å². The van der Waals surface area contributed by atoms with E-state index < -0.39 is 4.92 Å². The lowest BCUT2D eigenvalue weighted by Crippen LogP contribution is -2.36. The van der Waals surface area contributed by atoms with Crippen molar-refractivity contribution in [1.29, 1.82) is 0 Å². The predicted octanol–water partition coefficient (Wildman–Crippen LogP) is 4.08. The van der Waals surface area contributed by atoms with Crippen molar-refractivity contribution in [1.82, 2.24) is 4.90 Å². The molecular formula is C17H19ClN2O4. The van der Waals surface area contributed by atoms with Gasteiger partial charge in [0.2, 0.25) is 0 Å². The molecule has 0 aliphatic heterocycles. The average Bonchev–Trinajstić information content (AvgIpc) is 3.39. The van der Waals surface area contributed by atoms with Crippen LogP contribution in [0.4, 0.5) is 5.69 Å². The van der Waals surface area contributed by atoms with Gasteiger partial charge in [-0.05, 0) is 44.6 Å². The zero-order chi connectivity index (χ0) is 17.1. The maximum atomic E-state index is 12.6. The Balaban J connectivity index is 1.65. The van der Waals surface area contributed by atoms with Gasteiger partial charge in [0, 0.05) is 23.9 Å². The van der Waals surface area contributed by atoms with E-state index in [1.54, 1.807) is 0 Å². The van der Waals surface area contributed by atoms with Crippen molar-refractivity contribution in [3.63, 3.8) is 0 Å². The van der Waals surface area contributed by atoms with E-state index in [0.717, 1.165) is 37.8 Å². The Hall–Kier alpha value is -2.08. The summed E-state index contributed by atoms with van der Waals surface area (Å²) in [7, 11) is 0. The Morgan fingerprint density at radius 1 is 1.38 bits per heavy atom. The van der Waals surface area contributed by atoms with Crippen LogP contribution >= 0.6 is 11.6 Å². The largest absolute Gasteiger partial charge is 0.482 e. The van der Waals surface area contributed by atoms with E-state index in [9.17, 15) is 14.9 Å². The highest BCUT2D eigenvalue weighted by Crippen LogP contribution is 2.34. The third kappa shape index (κ3) is 3.87. The monoisotopic (exact) mass is 350 g/mol. The fourth-order valence-corrected chi connectivity index (χ4v) is 3.13. The normalized spacial score (nSPS) is 17.1. The van der Waals surface area contributed by atoms with Crippen molar-refractivity contribution in [3.05, 3.63) is 45.1 Å². The maximum absolute atomic E-state index is 12.6. The summed E-state index contributed by atoms with van der Waals surface area (Å²) in [6.45, 7) is -0.120. The lowest BCUT2D eigenvalue weighted by molar-refractivity contribution is -0.384. The van der Waals surface area contributed by atoms with Crippen molar-refractivity contribution in [2.24, 2.45) is 0 Å². The molecule has 0 bridgehead atoms. The van der Waals surface area contributed by atoms with E-state index in [0.29, 0.717) is 0 Å². The minimum absolute atomic E-state index is 0.0833. The van der Waals surface area contributed by atoms with Crippen molar-refractivity contribution in [3.8, 4) is 5.75 Å². The van der Waals surface area contributed by atoms with Crippen molar-refractivity contribution >= 4 is 23.2 Å². The van der Waals surface area contributed by atoms with Gasteiger partial charge in [-0.2, -0.15) is 0 Å². The number of nitro groups is 1. The molecule has 6 nitrogen and oxygen atoms in total. The van der Waals surface area contributed by atoms with Gasteiger partial charge in [-0.25, -0.2) is 0 Å². The number of benzene rings is 1. The molecule has 2 aliphatic rings. The number of allylic oxidation sites excluding steroid dienone is 2. The highest BCUT2D eigenvalue weighted by atomic mass is 35.5. The Bertz CT molecular complexity index is 685. The summed E-state index contributed by atoms with van der Waals surface area (Å²) in [4.78, 5) is 24.7. The summed E-state index contributed by atoms with van der Waals surface area (Å²) in [5, 5.41) is 10.8. The summed E-state index contributed by atoms with van der Waals surface area (Å²) in [6.07, 6.45) is 8.44. The lowest BCUT2D eigenvalue weighted by Gasteiger charge is -2.27. The third-order valence-corrected chi connectivity index (χ3v) is 4.53. The number of non-ortho nitro benzene ring substituents is 1. The molecule has 128 valence electrons. The summed E-state index contributed by atoms with van der Waals surface area (Å²) in [5.41, 5.74) is 0.998. The second-order valence-electron chi connectivity index (χ2n) is 6.10. The van der Waals surface area contributed by atoms with Gasteiger partial charge >= 0.3 is 0 Å². The zero-order valence-corrected chi connectivity index (χ0v) is 14.0. The van der Waals surface area contributed by atoms with Gasteiger partial charge in [0.1, 0.15) is 5.75 Å². The van der Waals surface area contributed by atoms with Crippen LogP contribution in [0.15, 0.2) is 30.0 Å². The Morgan fingerprint density at radius 3 is 2.75 bits per heavy atom. The van der Waals surface area contributed by atoms with E-state index in [2.05, 4.69) is 6.08 Å². The van der Waals surface area contributed by atoms with Gasteiger partial charge in [0.05, 0.1) is 9.95 Å². The molecule has 0 atom stereocenters. The molecule has 0 spiro atoms. The molecule has 0 saturated heterocycles. The lowest BCUT2D eigenvalue weighted by atomic mass is 10.0. The number of amides is 1. The van der Waals surface area contributed by atoms with Gasteiger partial charge in [-0.15, -0.1) is 0 Å². The number of rotatable bonds is 6. The molecule has 0 aromatic heterocycles. The van der Waals surface area contributed by atoms with Crippen molar-refractivity contribution in [2.75, 3.05) is 6.61 Å². The number of ether oxygens (including phenoxy) is 1. The van der Waals surface area contributed by atoms with E-state index in [-0.39, 0.29) is 35.0 Å². The second kappa shape index (κ2) is 7.21. The first-order chi connectivity index (χ1) is 11.6. The number of hydrogen-bond acceptors (Lipinski definition) is 4. The number of hydrogen-bond donors (Lipinski definition) is 0. The molecule has 2 aliphatic carbocycles. The Labute approximate surface area is 145 Å². The van der Waals surface area contributed by atoms with Crippen LogP contribution in [0.25, 0.3) is 0 Å². The number of nitro benzene ring substituents is 1. The van der Waals surface area contributed by atoms with Gasteiger partial charge < -0.3 is 9.64 Å². The van der Waals surface area contributed by atoms with E-state index >= 15 is 0 Å². The van der Waals surface area contributed by atoms with Crippen LogP contribution in [0.2, 0.25) is 5.02 Å². The van der Waals surface area contributed by atoms with E-state index in [1.807, 2.05) is 4.90 Å². The molecular weight excluding hydrogens is 332 g/mol. The predicted molar refractivity (Wildman–Crippen MR) is 90.0 cm³/mol. The molecule has 24 heavy (non-hydrogen) atoms. The number of carbonyl (C=O) groups excluding carboxylic acids is 1. The maximum Gasteiger partial charge on any atom is 0.271 e. The number of nitrogens with zero attached hydrogens (tertiary/aromatic N) is 2. The van der Waals surface area contributed by atoms with Gasteiger partial charge in [0.15, 0.2) is 6.61 Å². The molecule has 1 aromatic carbocycles. The summed E-state index contributed by atoms with van der Waals surface area (Å²) in [6, 6.07) is 4.25. The quantitative estimate of drug-likeness (QED) is 0.572. The summed E-state index contributed by atoms with van der Waals surface area (Å²) >= 11 is 5.99. The van der Waals surface area contributed by atoms with Crippen LogP contribution in [0.3, 0.4) is 0 Å². The topological polar surface area (TPSA) is 72.7 Å². The highest BCUT2D eigenvalue weighted by molar-refractivity contribution is 6.32. The fraction of sp³-hybridized carbons (Fsp3) is 0.471. The average molecular weight is 351 g/mol. The van der Waals surface area contributed by atoms with E-state index in [1.165, 1.54) is 24.6 Å². The second-order valence-corrected chi connectivity index (χ2v) is 6.50. The van der Waals surface area contributed by atoms with Gasteiger partial charge in [-0.3, -0.25) is 14.9 Å². The van der Waals surface area contributed by atoms with Crippen LogP contribution < -0.4 is 4.74 Å². The number of halogens is 1. The smallest absolute Gasteiger partial charge is 0.271 e. The molecule has 3 rings (SSSR count). The van der Waals surface area contributed by atoms with Gasteiger partial charge in [-0.1, -0.05) is 17.7 Å². The van der Waals surface area contributed by atoms with Crippen molar-refractivity contribution in [2.45, 2.75) is 44.6 Å². The van der Waals surface area contributed by atoms with Crippen LogP contribution in [0.1, 0.15) is 38.5 Å². The van der Waals surface area contributed by atoms with E-state index in [4.69, 9.17) is 16.3 Å². The van der Waals surface area contributed by atoms with Crippen molar-refractivity contribution < 1.29 is 14.5 Å². The minimum atomic E-state index is -0.523.